The highest BCUT2D eigenvalue weighted by Crippen LogP contribution is 2.39. The van der Waals surface area contributed by atoms with E-state index < -0.39 is 0 Å². The number of ether oxygens (including phenoxy) is 1. The zero-order valence-corrected chi connectivity index (χ0v) is 31.4. The predicted molar refractivity (Wildman–Crippen MR) is 213 cm³/mol. The highest BCUT2D eigenvalue weighted by atomic mass is 16.5. The lowest BCUT2D eigenvalue weighted by molar-refractivity contribution is 0.481. The number of aryl methyl sites for hydroxylation is 4. The molecular formula is C46H50N4O. The average Bonchev–Trinajstić information content (AvgIpc) is 3.60. The van der Waals surface area contributed by atoms with E-state index in [4.69, 9.17) is 14.8 Å². The van der Waals surface area contributed by atoms with Crippen LogP contribution in [0.25, 0.3) is 44.4 Å². The summed E-state index contributed by atoms with van der Waals surface area (Å²) in [6.45, 7) is 17.8. The summed E-state index contributed by atoms with van der Waals surface area (Å²) in [5.74, 6) is 3.30. The Morgan fingerprint density at radius 1 is 0.725 bits per heavy atom. The number of rotatable bonds is 11. The topological polar surface area (TPSA) is 44.9 Å². The number of hydrogen-bond acceptors (Lipinski definition) is 3. The molecule has 0 bridgehead atoms. The van der Waals surface area contributed by atoms with Crippen molar-refractivity contribution >= 4 is 21.8 Å². The van der Waals surface area contributed by atoms with E-state index in [1.54, 1.807) is 0 Å². The minimum absolute atomic E-state index is 0.312. The third-order valence-corrected chi connectivity index (χ3v) is 10.1. The lowest BCUT2D eigenvalue weighted by Crippen LogP contribution is -2.08. The predicted octanol–water partition coefficient (Wildman–Crippen LogP) is 12.4. The van der Waals surface area contributed by atoms with Crippen LogP contribution in [0.4, 0.5) is 0 Å². The molecule has 0 amide bonds. The van der Waals surface area contributed by atoms with E-state index in [0.717, 1.165) is 59.0 Å². The van der Waals surface area contributed by atoms with Crippen molar-refractivity contribution in [1.29, 1.82) is 0 Å². The number of hydrogen-bond donors (Lipinski definition) is 0. The van der Waals surface area contributed by atoms with E-state index in [9.17, 15) is 0 Å². The molecule has 260 valence electrons. The van der Waals surface area contributed by atoms with E-state index in [1.165, 1.54) is 56.3 Å². The fourth-order valence-electron chi connectivity index (χ4n) is 7.53. The third kappa shape index (κ3) is 6.70. The summed E-state index contributed by atoms with van der Waals surface area (Å²) in [7, 11) is 0. The van der Waals surface area contributed by atoms with Gasteiger partial charge in [-0.25, -0.2) is 9.67 Å². The summed E-state index contributed by atoms with van der Waals surface area (Å²) in [6.07, 6.45) is 6.24. The fourth-order valence-corrected chi connectivity index (χ4v) is 7.53. The maximum absolute atomic E-state index is 6.81. The molecule has 7 aromatic rings. The van der Waals surface area contributed by atoms with Gasteiger partial charge in [0.25, 0.3) is 0 Å². The van der Waals surface area contributed by atoms with Crippen LogP contribution >= 0.6 is 0 Å². The van der Waals surface area contributed by atoms with Gasteiger partial charge in [0.1, 0.15) is 17.3 Å². The lowest BCUT2D eigenvalue weighted by Gasteiger charge is -2.17. The molecular weight excluding hydrogens is 625 g/mol. The van der Waals surface area contributed by atoms with Gasteiger partial charge >= 0.3 is 0 Å². The zero-order chi connectivity index (χ0) is 35.8. The Labute approximate surface area is 302 Å². The van der Waals surface area contributed by atoms with Crippen LogP contribution in [-0.2, 0) is 12.8 Å². The van der Waals surface area contributed by atoms with Crippen LogP contribution in [0.2, 0.25) is 0 Å². The second-order valence-electron chi connectivity index (χ2n) is 14.9. The Morgan fingerprint density at radius 3 is 2.24 bits per heavy atom. The van der Waals surface area contributed by atoms with Crippen LogP contribution in [0, 0.1) is 26.7 Å². The first-order valence-corrected chi connectivity index (χ1v) is 18.6. The SMILES string of the molecule is CCCCc1ccnc(-n2c3ccccc3c3ccc(Oc4cc(C(C)C)cc(-n5nc(C)c(-c6c(C)cccc6C)c5CC(C)C)c4)cc32)c1. The summed E-state index contributed by atoms with van der Waals surface area (Å²) in [6, 6.07) is 32.6. The molecule has 0 N–H and O–H groups in total. The van der Waals surface area contributed by atoms with Gasteiger partial charge in [0.15, 0.2) is 0 Å². The van der Waals surface area contributed by atoms with Gasteiger partial charge in [-0.3, -0.25) is 4.57 Å². The molecule has 4 aromatic carbocycles. The van der Waals surface area contributed by atoms with Crippen molar-refractivity contribution < 1.29 is 4.74 Å². The molecule has 0 atom stereocenters. The third-order valence-electron chi connectivity index (χ3n) is 10.1. The van der Waals surface area contributed by atoms with Gasteiger partial charge < -0.3 is 4.74 Å². The van der Waals surface area contributed by atoms with Crippen molar-refractivity contribution in [2.75, 3.05) is 0 Å². The maximum Gasteiger partial charge on any atom is 0.137 e. The molecule has 0 saturated carbocycles. The molecule has 0 unspecified atom stereocenters. The molecule has 3 aromatic heterocycles. The quantitative estimate of drug-likeness (QED) is 0.137. The second-order valence-corrected chi connectivity index (χ2v) is 14.9. The number of unbranched alkanes of at least 4 members (excludes halogenated alkanes) is 1. The fraction of sp³-hybridized carbons (Fsp3) is 0.304. The van der Waals surface area contributed by atoms with Crippen molar-refractivity contribution in [2.45, 2.75) is 87.0 Å². The van der Waals surface area contributed by atoms with E-state index in [-0.39, 0.29) is 0 Å². The number of aromatic nitrogens is 4. The monoisotopic (exact) mass is 674 g/mol. The van der Waals surface area contributed by atoms with Crippen molar-refractivity contribution in [2.24, 2.45) is 5.92 Å². The molecule has 5 heteroatoms. The summed E-state index contributed by atoms with van der Waals surface area (Å²) >= 11 is 0. The van der Waals surface area contributed by atoms with Crippen LogP contribution in [-0.4, -0.2) is 19.3 Å². The van der Waals surface area contributed by atoms with E-state index in [0.29, 0.717) is 11.8 Å². The Bertz CT molecular complexity index is 2340. The Hall–Kier alpha value is -5.16. The number of nitrogens with zero attached hydrogens (tertiary/aromatic N) is 4. The van der Waals surface area contributed by atoms with Gasteiger partial charge in [0.2, 0.25) is 0 Å². The smallest absolute Gasteiger partial charge is 0.137 e. The Kier molecular flexibility index (Phi) is 9.56. The van der Waals surface area contributed by atoms with Crippen LogP contribution in [0.5, 0.6) is 11.5 Å². The average molecular weight is 675 g/mol. The molecule has 0 spiro atoms. The first-order chi connectivity index (χ1) is 24.6. The van der Waals surface area contributed by atoms with Gasteiger partial charge in [-0.05, 0) is 122 Å². The Balaban J connectivity index is 1.35. The molecule has 0 radical (unpaired) electrons. The number of benzene rings is 4. The van der Waals surface area contributed by atoms with E-state index in [2.05, 4.69) is 156 Å². The van der Waals surface area contributed by atoms with Crippen LogP contribution in [0.1, 0.15) is 87.0 Å². The molecule has 7 rings (SSSR count). The largest absolute Gasteiger partial charge is 0.457 e. The molecule has 0 aliphatic heterocycles. The van der Waals surface area contributed by atoms with E-state index in [1.807, 2.05) is 6.20 Å². The summed E-state index contributed by atoms with van der Waals surface area (Å²) in [4.78, 5) is 4.86. The molecule has 0 fully saturated rings. The van der Waals surface area contributed by atoms with Crippen molar-refractivity contribution in [3.63, 3.8) is 0 Å². The Morgan fingerprint density at radius 2 is 1.49 bits per heavy atom. The molecule has 0 saturated heterocycles. The number of para-hydroxylation sites is 1. The second kappa shape index (κ2) is 14.2. The molecule has 0 aliphatic carbocycles. The molecule has 3 heterocycles. The van der Waals surface area contributed by atoms with Gasteiger partial charge in [-0.2, -0.15) is 5.10 Å². The lowest BCUT2D eigenvalue weighted by atomic mass is 9.91. The van der Waals surface area contributed by atoms with Crippen molar-refractivity contribution in [3.05, 3.63) is 131 Å². The standard InChI is InChI=1S/C46H50N4O/c1-9-10-16-34-21-22-47-44(24-34)49-41-18-12-11-17-39(41)40-20-19-37(28-42(40)49)51-38-26-35(30(4)5)25-36(27-38)50-43(23-29(2)3)46(33(8)48-50)45-31(6)14-13-15-32(45)7/h11-15,17-22,24-30H,9-10,16,23H2,1-8H3. The van der Waals surface area contributed by atoms with Crippen molar-refractivity contribution in [1.82, 2.24) is 19.3 Å². The number of pyridine rings is 1. The summed E-state index contributed by atoms with van der Waals surface area (Å²) in [5, 5.41) is 7.61. The van der Waals surface area contributed by atoms with Gasteiger partial charge in [-0.1, -0.05) is 77.4 Å². The van der Waals surface area contributed by atoms with Gasteiger partial charge in [0, 0.05) is 34.7 Å². The molecule has 0 aliphatic rings. The number of fused-ring (bicyclic) bond motifs is 3. The zero-order valence-electron chi connectivity index (χ0n) is 31.4. The van der Waals surface area contributed by atoms with Crippen LogP contribution < -0.4 is 4.74 Å². The van der Waals surface area contributed by atoms with Crippen molar-refractivity contribution in [3.8, 4) is 34.1 Å². The summed E-state index contributed by atoms with van der Waals surface area (Å²) in [5.41, 5.74) is 13.1. The van der Waals surface area contributed by atoms with E-state index >= 15 is 0 Å². The summed E-state index contributed by atoms with van der Waals surface area (Å²) < 4.78 is 11.3. The molecule has 5 nitrogen and oxygen atoms in total. The normalized spacial score (nSPS) is 11.8. The minimum Gasteiger partial charge on any atom is -0.457 e. The minimum atomic E-state index is 0.312. The highest BCUT2D eigenvalue weighted by molar-refractivity contribution is 6.09. The van der Waals surface area contributed by atoms with Gasteiger partial charge in [0.05, 0.1) is 28.1 Å². The van der Waals surface area contributed by atoms with Crippen LogP contribution in [0.15, 0.2) is 97.2 Å². The molecule has 51 heavy (non-hydrogen) atoms. The highest BCUT2D eigenvalue weighted by Gasteiger charge is 2.23. The first kappa shape index (κ1) is 34.3. The van der Waals surface area contributed by atoms with Crippen LogP contribution in [0.3, 0.4) is 0 Å². The first-order valence-electron chi connectivity index (χ1n) is 18.6. The van der Waals surface area contributed by atoms with Gasteiger partial charge in [-0.15, -0.1) is 0 Å². The maximum atomic E-state index is 6.81.